The predicted molar refractivity (Wildman–Crippen MR) is 150 cm³/mol. The number of halogens is 1. The van der Waals surface area contributed by atoms with Crippen molar-refractivity contribution in [3.63, 3.8) is 0 Å². The molecule has 218 valence electrons. The summed E-state index contributed by atoms with van der Waals surface area (Å²) >= 11 is 0. The lowest BCUT2D eigenvalue weighted by Gasteiger charge is -2.36. The molecule has 10 nitrogen and oxygen atoms in total. The summed E-state index contributed by atoms with van der Waals surface area (Å²) in [5.41, 5.74) is 13.9. The van der Waals surface area contributed by atoms with Crippen LogP contribution in [0.5, 0.6) is 6.01 Å². The molecule has 8 rings (SSSR count). The van der Waals surface area contributed by atoms with E-state index in [9.17, 15) is 9.65 Å². The number of rotatable bonds is 4. The van der Waals surface area contributed by atoms with Gasteiger partial charge in [0.2, 0.25) is 0 Å². The van der Waals surface area contributed by atoms with E-state index < -0.39 is 6.17 Å². The van der Waals surface area contributed by atoms with Gasteiger partial charge in [-0.2, -0.15) is 20.7 Å². The molecule has 1 saturated carbocycles. The maximum Gasteiger partial charge on any atom is 0.318 e. The fraction of sp³-hybridized carbons (Fsp3) is 0.633. The lowest BCUT2D eigenvalue weighted by atomic mass is 9.73. The molecule has 3 N–H and O–H groups in total. The summed E-state index contributed by atoms with van der Waals surface area (Å²) in [5, 5.41) is 10.1. The molecule has 2 atom stereocenters. The number of nitrogen functional groups attached to an aromatic ring is 1. The van der Waals surface area contributed by atoms with Gasteiger partial charge in [-0.05, 0) is 61.8 Å². The Morgan fingerprint density at radius 3 is 2.95 bits per heavy atom. The van der Waals surface area contributed by atoms with Crippen molar-refractivity contribution in [2.45, 2.75) is 75.2 Å². The molecule has 0 unspecified atom stereocenters. The smallest absolute Gasteiger partial charge is 0.318 e. The Bertz CT molecular complexity index is 1340. The molecule has 4 fully saturated rings. The molecule has 6 heterocycles. The van der Waals surface area contributed by atoms with Crippen LogP contribution in [0.2, 0.25) is 0 Å². The van der Waals surface area contributed by atoms with Crippen LogP contribution in [0, 0.1) is 11.3 Å². The molecule has 1 aromatic heterocycles. The molecular weight excluding hydrogens is 525 g/mol. The van der Waals surface area contributed by atoms with Crippen LogP contribution in [0.3, 0.4) is 0 Å². The first kappa shape index (κ1) is 26.8. The van der Waals surface area contributed by atoms with Gasteiger partial charge in [0.15, 0.2) is 0 Å². The van der Waals surface area contributed by atoms with E-state index in [1.807, 2.05) is 6.07 Å². The Morgan fingerprint density at radius 1 is 1.17 bits per heavy atom. The predicted octanol–water partition coefficient (Wildman–Crippen LogP) is 2.98. The van der Waals surface area contributed by atoms with Crippen molar-refractivity contribution < 1.29 is 18.7 Å². The first-order chi connectivity index (χ1) is 20.0. The number of fused-ring (bicyclic) bond motifs is 3. The van der Waals surface area contributed by atoms with Crippen LogP contribution in [0.15, 0.2) is 12.1 Å². The van der Waals surface area contributed by atoms with Gasteiger partial charge in [-0.15, -0.1) is 0 Å². The van der Waals surface area contributed by atoms with Crippen LogP contribution in [0.1, 0.15) is 72.4 Å². The summed E-state index contributed by atoms with van der Waals surface area (Å²) in [6.45, 7) is 4.78. The Morgan fingerprint density at radius 2 is 2.07 bits per heavy atom. The summed E-state index contributed by atoms with van der Waals surface area (Å²) in [6.07, 6.45) is 4.77. The van der Waals surface area contributed by atoms with Gasteiger partial charge in [0.05, 0.1) is 30.0 Å². The topological polar surface area (TPSA) is 122 Å². The lowest BCUT2D eigenvalue weighted by molar-refractivity contribution is -0.0198. The minimum Gasteiger partial charge on any atom is -0.461 e. The zero-order chi connectivity index (χ0) is 28.0. The van der Waals surface area contributed by atoms with Crippen LogP contribution in [0.4, 0.5) is 15.9 Å². The fourth-order valence-corrected chi connectivity index (χ4v) is 7.47. The quantitative estimate of drug-likeness (QED) is 0.537. The van der Waals surface area contributed by atoms with Gasteiger partial charge in [-0.3, -0.25) is 9.74 Å². The molecule has 0 radical (unpaired) electrons. The number of benzene rings is 1. The highest BCUT2D eigenvalue weighted by Gasteiger charge is 2.49. The van der Waals surface area contributed by atoms with Crippen molar-refractivity contribution in [3.05, 3.63) is 40.1 Å². The Hall–Kier alpha value is -3.04. The third-order valence-corrected chi connectivity index (χ3v) is 9.68. The number of nitrogens with zero attached hydrogens (tertiary/aromatic N) is 5. The molecule has 6 aliphatic rings. The number of anilines is 2. The number of hydroxylamine groups is 1. The number of hydrogen-bond acceptors (Lipinski definition) is 10. The molecule has 0 spiro atoms. The third-order valence-electron chi connectivity index (χ3n) is 9.68. The van der Waals surface area contributed by atoms with Crippen LogP contribution in [0.25, 0.3) is 0 Å². The molecule has 2 bridgehead atoms. The highest BCUT2D eigenvalue weighted by atomic mass is 19.1. The zero-order valence-electron chi connectivity index (χ0n) is 23.4. The normalized spacial score (nSPS) is 29.8. The number of aromatic nitrogens is 2. The van der Waals surface area contributed by atoms with E-state index in [0.717, 1.165) is 73.4 Å². The first-order valence-electron chi connectivity index (χ1n) is 15.0. The van der Waals surface area contributed by atoms with Crippen molar-refractivity contribution in [2.75, 3.05) is 56.6 Å². The highest BCUT2D eigenvalue weighted by Crippen LogP contribution is 2.43. The van der Waals surface area contributed by atoms with E-state index in [0.29, 0.717) is 62.9 Å². The van der Waals surface area contributed by atoms with E-state index in [4.69, 9.17) is 30.0 Å². The van der Waals surface area contributed by atoms with Crippen LogP contribution < -0.4 is 20.9 Å². The van der Waals surface area contributed by atoms with Crippen molar-refractivity contribution in [1.29, 1.82) is 5.26 Å². The molecular formula is C30H38FN7O3. The Kier molecular flexibility index (Phi) is 7.19. The molecule has 11 heteroatoms. The van der Waals surface area contributed by atoms with E-state index in [-0.39, 0.29) is 24.2 Å². The van der Waals surface area contributed by atoms with E-state index in [1.54, 1.807) is 0 Å². The van der Waals surface area contributed by atoms with Gasteiger partial charge < -0.3 is 20.1 Å². The Balaban J connectivity index is 1.31. The number of nitrogens with one attached hydrogen (secondary N) is 1. The molecule has 5 aliphatic heterocycles. The summed E-state index contributed by atoms with van der Waals surface area (Å²) < 4.78 is 26.6. The molecule has 1 aromatic carbocycles. The van der Waals surface area contributed by atoms with Gasteiger partial charge in [0, 0.05) is 56.4 Å². The van der Waals surface area contributed by atoms with E-state index in [2.05, 4.69) is 27.4 Å². The second kappa shape index (κ2) is 11.0. The van der Waals surface area contributed by atoms with Gasteiger partial charge in [0.25, 0.3) is 0 Å². The second-order valence-corrected chi connectivity index (χ2v) is 12.2. The van der Waals surface area contributed by atoms with Crippen LogP contribution in [-0.4, -0.2) is 78.6 Å². The molecule has 41 heavy (non-hydrogen) atoms. The summed E-state index contributed by atoms with van der Waals surface area (Å²) in [7, 11) is 0. The average Bonchev–Trinajstić information content (AvgIpc) is 3.30. The molecule has 0 amide bonds. The zero-order valence-corrected chi connectivity index (χ0v) is 23.4. The highest BCUT2D eigenvalue weighted by molar-refractivity contribution is 5.63. The average molecular weight is 564 g/mol. The minimum absolute atomic E-state index is 0.246. The summed E-state index contributed by atoms with van der Waals surface area (Å²) in [6, 6.07) is 6.81. The van der Waals surface area contributed by atoms with Gasteiger partial charge >= 0.3 is 6.01 Å². The van der Waals surface area contributed by atoms with Gasteiger partial charge in [-0.25, -0.2) is 4.39 Å². The number of hydrogen-bond donors (Lipinski definition) is 2. The van der Waals surface area contributed by atoms with Crippen molar-refractivity contribution in [1.82, 2.24) is 20.3 Å². The molecule has 1 aliphatic carbocycles. The van der Waals surface area contributed by atoms with E-state index >= 15 is 0 Å². The van der Waals surface area contributed by atoms with Crippen molar-refractivity contribution in [3.8, 4) is 12.1 Å². The summed E-state index contributed by atoms with van der Waals surface area (Å²) in [4.78, 5) is 20.5. The van der Waals surface area contributed by atoms with Crippen molar-refractivity contribution in [2.24, 2.45) is 0 Å². The fourth-order valence-electron chi connectivity index (χ4n) is 7.47. The third kappa shape index (κ3) is 5.01. The number of nitriles is 1. The SMILES string of the molecule is N#Cc1c(N)ccc2c1Cc1nc(OC[C@@]34CCCN3C[C@H](F)C4)nc(N3CCCOCC3)c1CONC1CC2C1. The largest absolute Gasteiger partial charge is 0.461 e. The van der Waals surface area contributed by atoms with E-state index in [1.165, 1.54) is 0 Å². The number of ether oxygens (including phenoxy) is 2. The minimum atomic E-state index is -0.831. The summed E-state index contributed by atoms with van der Waals surface area (Å²) in [5.74, 6) is 1.09. The monoisotopic (exact) mass is 563 g/mol. The number of nitrogens with two attached hydrogens (primary N) is 1. The standard InChI is InChI=1S/C30H38FN7O3/c31-20-14-30(5-1-7-38(30)16-20)18-40-29-34-27-13-23-22(3-4-26(33)24(23)15-32)19-11-21(12-19)36-41-17-25(27)28(35-29)37-6-2-9-39-10-8-37/h3-4,19-21,36H,1-2,5-14,16-18,33H2/t19?,20-,21?,30+/m1/s1. The second-order valence-electron chi connectivity index (χ2n) is 12.2. The maximum absolute atomic E-state index is 14.5. The molecule has 3 saturated heterocycles. The first-order valence-corrected chi connectivity index (χ1v) is 15.0. The Labute approximate surface area is 239 Å². The number of alkyl halides is 1. The van der Waals surface area contributed by atoms with Crippen molar-refractivity contribution >= 4 is 11.5 Å². The van der Waals surface area contributed by atoms with Crippen LogP contribution in [-0.2, 0) is 22.6 Å². The van der Waals surface area contributed by atoms with Gasteiger partial charge in [-0.1, -0.05) is 6.07 Å². The van der Waals surface area contributed by atoms with Gasteiger partial charge in [0.1, 0.15) is 24.7 Å². The van der Waals surface area contributed by atoms with Crippen LogP contribution >= 0.6 is 0 Å². The molecule has 2 aromatic rings. The maximum atomic E-state index is 14.5. The lowest BCUT2D eigenvalue weighted by Crippen LogP contribution is -2.43.